The van der Waals surface area contributed by atoms with Gasteiger partial charge in [-0.2, -0.15) is 0 Å². The number of methoxy groups -OCH3 is 1. The molecule has 0 saturated heterocycles. The number of rotatable bonds is 21. The second-order valence-corrected chi connectivity index (χ2v) is 19.6. The third-order valence-corrected chi connectivity index (χ3v) is 14.5. The van der Waals surface area contributed by atoms with E-state index < -0.39 is 5.91 Å². The Morgan fingerprint density at radius 3 is 2.08 bits per heavy atom. The van der Waals surface area contributed by atoms with Crippen molar-refractivity contribution < 1.29 is 47.8 Å². The first kappa shape index (κ1) is 51.7. The van der Waals surface area contributed by atoms with E-state index in [1.807, 2.05) is 95.7 Å². The zero-order valence-corrected chi connectivity index (χ0v) is 42.9. The standard InChI is InChI=1S/C59H62N6O10/c1-36-23-48-49(61-32-44-28-41-12-6-9-15-51(41)65(44)59(48)72)31-52(36)74-34-37-24-38(35-75-54-29-39-17-18-42-27-40-11-5-8-14-50(40)64(42)58(71)47(39)30-53(54)73-4)26-43(25-37)63(3)57(70)22-20-46(67)33-62-56(69)21-19-45(66)13-7-10-16-55(68)60-2/h5-6,8-9,11-12,14-15,23-26,29-32,42,44H,7,10,13,16-22,27-28,33-35H2,1-4H3,(H,60,68)(H,62,69)/t42-,44+/m1/s1. The van der Waals surface area contributed by atoms with Crippen molar-refractivity contribution in [3.63, 3.8) is 0 Å². The summed E-state index contributed by atoms with van der Waals surface area (Å²) in [5, 5.41) is 5.11. The number of nitrogens with zero attached hydrogens (tertiary/aromatic N) is 4. The highest BCUT2D eigenvalue weighted by Crippen LogP contribution is 2.42. The third kappa shape index (κ3) is 11.6. The second kappa shape index (κ2) is 23.0. The number of nitrogens with one attached hydrogen (secondary N) is 2. The van der Waals surface area contributed by atoms with Crippen molar-refractivity contribution in [2.24, 2.45) is 4.99 Å². The smallest absolute Gasteiger partial charge is 0.261 e. The number of amides is 5. The van der Waals surface area contributed by atoms with Crippen molar-refractivity contribution >= 4 is 70.1 Å². The summed E-state index contributed by atoms with van der Waals surface area (Å²) in [4.78, 5) is 101. The molecule has 0 saturated carbocycles. The summed E-state index contributed by atoms with van der Waals surface area (Å²) >= 11 is 0. The van der Waals surface area contributed by atoms with E-state index in [-0.39, 0.29) is 99.1 Å². The Hall–Kier alpha value is -8.14. The number of hydrogen-bond acceptors (Lipinski definition) is 11. The summed E-state index contributed by atoms with van der Waals surface area (Å²) in [6, 6.07) is 28.6. The monoisotopic (exact) mass is 1010 g/mol. The van der Waals surface area contributed by atoms with Crippen molar-refractivity contribution in [1.82, 2.24) is 10.6 Å². The van der Waals surface area contributed by atoms with Gasteiger partial charge in [0.05, 0.1) is 30.9 Å². The van der Waals surface area contributed by atoms with Gasteiger partial charge in [0.25, 0.3) is 11.8 Å². The minimum absolute atomic E-state index is 0.0366. The van der Waals surface area contributed by atoms with Gasteiger partial charge in [-0.25, -0.2) is 0 Å². The molecular weight excluding hydrogens is 953 g/mol. The largest absolute Gasteiger partial charge is 0.493 e. The van der Waals surface area contributed by atoms with Crippen LogP contribution in [0.25, 0.3) is 0 Å². The predicted molar refractivity (Wildman–Crippen MR) is 285 cm³/mol. The molecule has 5 aromatic rings. The van der Waals surface area contributed by atoms with Crippen molar-refractivity contribution in [2.45, 2.75) is 109 Å². The molecule has 0 fully saturated rings. The van der Waals surface area contributed by atoms with Gasteiger partial charge in [0.2, 0.25) is 17.7 Å². The highest BCUT2D eigenvalue weighted by Gasteiger charge is 2.38. The van der Waals surface area contributed by atoms with Crippen molar-refractivity contribution in [3.8, 4) is 17.2 Å². The van der Waals surface area contributed by atoms with Crippen molar-refractivity contribution in [3.05, 3.63) is 136 Å². The van der Waals surface area contributed by atoms with E-state index in [1.54, 1.807) is 26.2 Å². The summed E-state index contributed by atoms with van der Waals surface area (Å²) in [6.07, 6.45) is 6.24. The fourth-order valence-electron chi connectivity index (χ4n) is 10.4. The fraction of sp³-hybridized carbons (Fsp3) is 0.356. The first-order valence-corrected chi connectivity index (χ1v) is 25.7. The minimum atomic E-state index is -0.434. The van der Waals surface area contributed by atoms with Crippen molar-refractivity contribution in [2.75, 3.05) is 42.4 Å². The number of ketones is 2. The van der Waals surface area contributed by atoms with Crippen LogP contribution < -0.4 is 39.5 Å². The summed E-state index contributed by atoms with van der Waals surface area (Å²) in [6.45, 7) is 1.75. The maximum atomic E-state index is 14.2. The SMILES string of the molecule is CNC(=O)CCCCC(=O)CCC(=O)NCC(=O)CCC(=O)N(C)c1cc(COc2cc3c(cc2C)C(=O)N2c4ccccc4C[C@H]2C=N3)cc(COc2cc3c(cc2OC)C(=O)N2c4ccccc4C[C@H]2CC3)c1. The maximum Gasteiger partial charge on any atom is 0.261 e. The molecule has 2 N–H and O–H groups in total. The van der Waals surface area contributed by atoms with E-state index in [2.05, 4.69) is 16.7 Å². The van der Waals surface area contributed by atoms with Gasteiger partial charge in [-0.15, -0.1) is 0 Å². The molecule has 5 aromatic carbocycles. The molecule has 16 heteroatoms. The lowest BCUT2D eigenvalue weighted by atomic mass is 9.99. The number of carbonyl (C=O) groups is 7. The maximum absolute atomic E-state index is 14.2. The van der Waals surface area contributed by atoms with Gasteiger partial charge < -0.3 is 34.6 Å². The number of ether oxygens (including phenoxy) is 3. The number of hydrogen-bond donors (Lipinski definition) is 2. The molecule has 4 heterocycles. The van der Waals surface area contributed by atoms with Gasteiger partial charge in [0.1, 0.15) is 24.7 Å². The van der Waals surface area contributed by atoms with Crippen LogP contribution in [0.5, 0.6) is 17.2 Å². The molecule has 0 spiro atoms. The number of unbranched alkanes of at least 4 members (excludes halogenated alkanes) is 1. The van der Waals surface area contributed by atoms with Crippen LogP contribution in [0.15, 0.2) is 96.0 Å². The molecule has 388 valence electrons. The highest BCUT2D eigenvalue weighted by molar-refractivity contribution is 6.15. The van der Waals surface area contributed by atoms with E-state index in [0.717, 1.165) is 46.5 Å². The quantitative estimate of drug-likeness (QED) is 0.0680. The molecule has 75 heavy (non-hydrogen) atoms. The molecule has 4 aliphatic heterocycles. The van der Waals surface area contributed by atoms with E-state index >= 15 is 0 Å². The molecular formula is C59H62N6O10. The Morgan fingerprint density at radius 1 is 0.680 bits per heavy atom. The van der Waals surface area contributed by atoms with Gasteiger partial charge in [-0.1, -0.05) is 36.4 Å². The normalized spacial score (nSPS) is 15.8. The average Bonchev–Trinajstić information content (AvgIpc) is 3.92. The minimum Gasteiger partial charge on any atom is -0.493 e. The van der Waals surface area contributed by atoms with E-state index in [4.69, 9.17) is 19.2 Å². The lowest BCUT2D eigenvalue weighted by Gasteiger charge is -2.23. The van der Waals surface area contributed by atoms with Crippen LogP contribution in [-0.2, 0) is 56.4 Å². The van der Waals surface area contributed by atoms with Crippen molar-refractivity contribution in [1.29, 1.82) is 0 Å². The highest BCUT2D eigenvalue weighted by atomic mass is 16.5. The van der Waals surface area contributed by atoms with Crippen LogP contribution in [0, 0.1) is 6.92 Å². The molecule has 0 unspecified atom stereocenters. The lowest BCUT2D eigenvalue weighted by Crippen LogP contribution is -2.37. The summed E-state index contributed by atoms with van der Waals surface area (Å²) < 4.78 is 18.8. The molecule has 0 radical (unpaired) electrons. The summed E-state index contributed by atoms with van der Waals surface area (Å²) in [5.74, 6) is -0.0734. The van der Waals surface area contributed by atoms with Crippen LogP contribution in [0.3, 0.4) is 0 Å². The van der Waals surface area contributed by atoms with Gasteiger partial charge in [-0.3, -0.25) is 43.5 Å². The Balaban J connectivity index is 0.886. The molecule has 9 rings (SSSR count). The number of benzene rings is 5. The molecule has 4 aliphatic rings. The Labute approximate surface area is 436 Å². The topological polar surface area (TPSA) is 193 Å². The number of carbonyl (C=O) groups excluding carboxylic acids is 7. The van der Waals surface area contributed by atoms with Crippen LogP contribution in [0.4, 0.5) is 22.7 Å². The van der Waals surface area contributed by atoms with Crippen LogP contribution in [0.1, 0.15) is 112 Å². The molecule has 0 aromatic heterocycles. The predicted octanol–water partition coefficient (Wildman–Crippen LogP) is 8.05. The number of para-hydroxylation sites is 2. The first-order valence-electron chi connectivity index (χ1n) is 25.7. The summed E-state index contributed by atoms with van der Waals surface area (Å²) in [7, 11) is 4.73. The number of aryl methyl sites for hydroxylation is 2. The van der Waals surface area contributed by atoms with Gasteiger partial charge >= 0.3 is 0 Å². The lowest BCUT2D eigenvalue weighted by molar-refractivity contribution is -0.127. The zero-order valence-electron chi connectivity index (χ0n) is 42.9. The number of Topliss-reactive ketones (excluding diaryl/α,β-unsaturated/α-hetero) is 2. The van der Waals surface area contributed by atoms with Gasteiger partial charge in [-0.05, 0) is 121 Å². The fourth-order valence-corrected chi connectivity index (χ4v) is 10.4. The number of aliphatic imine (C=N–C) groups is 1. The summed E-state index contributed by atoms with van der Waals surface area (Å²) in [5.41, 5.74) is 9.20. The molecule has 5 amide bonds. The van der Waals surface area contributed by atoms with Crippen LogP contribution >= 0.6 is 0 Å². The Bertz CT molecular complexity index is 3110. The van der Waals surface area contributed by atoms with Gasteiger partial charge in [0, 0.05) is 100.0 Å². The van der Waals surface area contributed by atoms with E-state index in [1.165, 1.54) is 12.0 Å². The molecule has 0 aliphatic carbocycles. The number of fused-ring (bicyclic) bond motifs is 8. The van der Waals surface area contributed by atoms with E-state index in [9.17, 15) is 33.6 Å². The molecule has 0 bridgehead atoms. The average molecular weight is 1020 g/mol. The van der Waals surface area contributed by atoms with Gasteiger partial charge in [0.15, 0.2) is 17.3 Å². The second-order valence-electron chi connectivity index (χ2n) is 19.6. The van der Waals surface area contributed by atoms with Crippen LogP contribution in [0.2, 0.25) is 0 Å². The molecule has 16 nitrogen and oxygen atoms in total. The third-order valence-electron chi connectivity index (χ3n) is 14.5. The Morgan fingerprint density at radius 2 is 1.35 bits per heavy atom. The zero-order chi connectivity index (χ0) is 52.8. The first-order chi connectivity index (χ1) is 36.3. The Kier molecular flexibility index (Phi) is 15.8. The number of anilines is 3. The van der Waals surface area contributed by atoms with E-state index in [0.29, 0.717) is 83.0 Å². The molecule has 2 atom stereocenters. The van der Waals surface area contributed by atoms with Crippen LogP contribution in [-0.4, -0.2) is 87.2 Å².